The van der Waals surface area contributed by atoms with E-state index in [2.05, 4.69) is 10.6 Å². The maximum Gasteiger partial charge on any atom is 0.323 e. The van der Waals surface area contributed by atoms with E-state index >= 15 is 0 Å². The summed E-state index contributed by atoms with van der Waals surface area (Å²) >= 11 is 0. The molecule has 214 valence electrons. The van der Waals surface area contributed by atoms with Gasteiger partial charge in [-0.05, 0) is 55.3 Å². The third-order valence-corrected chi connectivity index (χ3v) is 6.53. The monoisotopic (exact) mass is 568 g/mol. The second kappa shape index (κ2) is 12.5. The molecule has 3 aromatic rings. The van der Waals surface area contributed by atoms with Crippen molar-refractivity contribution in [3.8, 4) is 0 Å². The van der Waals surface area contributed by atoms with Crippen LogP contribution in [0.1, 0.15) is 40.4 Å². The van der Waals surface area contributed by atoms with Gasteiger partial charge < -0.3 is 20.6 Å². The fraction of sp³-hybridized carbons (Fsp3) is 0.241. The summed E-state index contributed by atoms with van der Waals surface area (Å²) in [5.74, 6) is -5.97. The van der Waals surface area contributed by atoms with Gasteiger partial charge in [0.25, 0.3) is 11.8 Å². The molecule has 1 heterocycles. The zero-order chi connectivity index (χ0) is 29.7. The zero-order valence-electron chi connectivity index (χ0n) is 21.9. The molecule has 2 atom stereocenters. The Hall–Kier alpha value is -4.87. The Kier molecular flexibility index (Phi) is 8.91. The number of urea groups is 1. The van der Waals surface area contributed by atoms with Crippen LogP contribution in [0.2, 0.25) is 0 Å². The summed E-state index contributed by atoms with van der Waals surface area (Å²) in [4.78, 5) is 54.4. The predicted octanol–water partition coefficient (Wildman–Crippen LogP) is 4.45. The Morgan fingerprint density at radius 3 is 2.34 bits per heavy atom. The summed E-state index contributed by atoms with van der Waals surface area (Å²) in [6, 6.07) is 12.6. The van der Waals surface area contributed by atoms with Crippen LogP contribution in [0.15, 0.2) is 66.7 Å². The van der Waals surface area contributed by atoms with Crippen LogP contribution in [0, 0.1) is 24.4 Å². The molecular weight excluding hydrogens is 541 g/mol. The van der Waals surface area contributed by atoms with Crippen molar-refractivity contribution in [3.05, 3.63) is 101 Å². The minimum absolute atomic E-state index is 0.00877. The van der Waals surface area contributed by atoms with Crippen LogP contribution in [0.5, 0.6) is 0 Å². The van der Waals surface area contributed by atoms with E-state index in [9.17, 15) is 37.5 Å². The molecule has 2 unspecified atom stereocenters. The van der Waals surface area contributed by atoms with Crippen molar-refractivity contribution in [1.82, 2.24) is 15.1 Å². The van der Waals surface area contributed by atoms with E-state index in [1.165, 1.54) is 18.2 Å². The van der Waals surface area contributed by atoms with Crippen LogP contribution in [-0.4, -0.2) is 58.0 Å². The summed E-state index contributed by atoms with van der Waals surface area (Å²) in [5, 5.41) is 14.7. The number of anilines is 1. The van der Waals surface area contributed by atoms with Gasteiger partial charge in [-0.15, -0.1) is 0 Å². The van der Waals surface area contributed by atoms with Crippen molar-refractivity contribution in [2.75, 3.05) is 18.4 Å². The maximum absolute atomic E-state index is 14.0. The Labute approximate surface area is 233 Å². The first-order valence-electron chi connectivity index (χ1n) is 12.7. The lowest BCUT2D eigenvalue weighted by Crippen LogP contribution is -2.64. The van der Waals surface area contributed by atoms with Crippen molar-refractivity contribution in [3.63, 3.8) is 0 Å². The molecule has 4 rings (SSSR count). The van der Waals surface area contributed by atoms with Gasteiger partial charge in [0, 0.05) is 24.3 Å². The standard InChI is InChI=1S/C29H27F3N4O5/c1-17-5-2-6-18(13-17)24(16-25(37)38)34-26(39)27-35(28(40)19-9-10-22(31)23(32)14-19)11-4-12-36(27)29(41)33-21-8-3-7-20(30)15-21/h2-3,5-10,13-15,24,27H,4,11-12,16H2,1H3,(H,33,41)(H,34,39)(H,37,38). The molecule has 1 fully saturated rings. The molecule has 0 bridgehead atoms. The fourth-order valence-electron chi connectivity index (χ4n) is 4.65. The minimum atomic E-state index is -1.60. The highest BCUT2D eigenvalue weighted by Crippen LogP contribution is 2.24. The molecule has 1 aliphatic heterocycles. The largest absolute Gasteiger partial charge is 0.481 e. The molecule has 1 aliphatic rings. The van der Waals surface area contributed by atoms with Crippen molar-refractivity contribution < 1.29 is 37.5 Å². The molecule has 3 N–H and O–H groups in total. The number of rotatable bonds is 7. The van der Waals surface area contributed by atoms with Crippen molar-refractivity contribution >= 4 is 29.5 Å². The zero-order valence-corrected chi connectivity index (χ0v) is 21.9. The molecule has 41 heavy (non-hydrogen) atoms. The summed E-state index contributed by atoms with van der Waals surface area (Å²) < 4.78 is 41.3. The lowest BCUT2D eigenvalue weighted by atomic mass is 10.0. The highest BCUT2D eigenvalue weighted by atomic mass is 19.2. The van der Waals surface area contributed by atoms with Gasteiger partial charge in [0.15, 0.2) is 17.8 Å². The van der Waals surface area contributed by atoms with Crippen LogP contribution in [-0.2, 0) is 9.59 Å². The molecule has 0 radical (unpaired) electrons. The Morgan fingerprint density at radius 2 is 1.66 bits per heavy atom. The van der Waals surface area contributed by atoms with E-state index in [0.717, 1.165) is 33.6 Å². The number of carboxylic acids is 1. The first kappa shape index (κ1) is 29.1. The Balaban J connectivity index is 1.70. The summed E-state index contributed by atoms with van der Waals surface area (Å²) in [5.41, 5.74) is 1.15. The van der Waals surface area contributed by atoms with E-state index in [1.54, 1.807) is 31.2 Å². The van der Waals surface area contributed by atoms with Gasteiger partial charge in [-0.3, -0.25) is 19.3 Å². The summed E-state index contributed by atoms with van der Waals surface area (Å²) in [6.45, 7) is 1.79. The van der Waals surface area contributed by atoms with E-state index in [1.807, 2.05) is 0 Å². The lowest BCUT2D eigenvalue weighted by molar-refractivity contribution is -0.138. The normalized spacial score (nSPS) is 15.7. The number of nitrogens with zero attached hydrogens (tertiary/aromatic N) is 2. The van der Waals surface area contributed by atoms with Crippen LogP contribution >= 0.6 is 0 Å². The minimum Gasteiger partial charge on any atom is -0.481 e. The third-order valence-electron chi connectivity index (χ3n) is 6.53. The lowest BCUT2D eigenvalue weighted by Gasteiger charge is -2.43. The van der Waals surface area contributed by atoms with Gasteiger partial charge in [0.1, 0.15) is 5.82 Å². The maximum atomic E-state index is 14.0. The number of halogens is 3. The van der Waals surface area contributed by atoms with Gasteiger partial charge in [-0.1, -0.05) is 35.9 Å². The average molecular weight is 569 g/mol. The number of aliphatic carboxylic acids is 1. The smallest absolute Gasteiger partial charge is 0.323 e. The Bertz CT molecular complexity index is 1480. The Morgan fingerprint density at radius 1 is 0.927 bits per heavy atom. The van der Waals surface area contributed by atoms with Gasteiger partial charge in [0.2, 0.25) is 0 Å². The molecule has 12 heteroatoms. The highest BCUT2D eigenvalue weighted by molar-refractivity contribution is 6.00. The second-order valence-electron chi connectivity index (χ2n) is 9.56. The van der Waals surface area contributed by atoms with E-state index in [0.29, 0.717) is 11.6 Å². The van der Waals surface area contributed by atoms with Crippen LogP contribution < -0.4 is 10.6 Å². The topological polar surface area (TPSA) is 119 Å². The molecule has 9 nitrogen and oxygen atoms in total. The van der Waals surface area contributed by atoms with Crippen molar-refractivity contribution in [1.29, 1.82) is 0 Å². The molecule has 1 saturated heterocycles. The van der Waals surface area contributed by atoms with Crippen LogP contribution in [0.4, 0.5) is 23.7 Å². The number of aryl methyl sites for hydroxylation is 1. The first-order valence-corrected chi connectivity index (χ1v) is 12.7. The predicted molar refractivity (Wildman–Crippen MR) is 142 cm³/mol. The average Bonchev–Trinajstić information content (AvgIpc) is 2.93. The summed E-state index contributed by atoms with van der Waals surface area (Å²) in [6.07, 6.45) is -1.86. The number of carbonyl (C=O) groups excluding carboxylic acids is 3. The van der Waals surface area contributed by atoms with Crippen LogP contribution in [0.25, 0.3) is 0 Å². The molecule has 4 amide bonds. The molecule has 0 spiro atoms. The van der Waals surface area contributed by atoms with Gasteiger partial charge >= 0.3 is 12.0 Å². The number of hydrogen-bond acceptors (Lipinski definition) is 4. The number of carbonyl (C=O) groups is 4. The second-order valence-corrected chi connectivity index (χ2v) is 9.56. The number of nitrogens with one attached hydrogen (secondary N) is 2. The number of hydrogen-bond donors (Lipinski definition) is 3. The molecular formula is C29H27F3N4O5. The molecule has 0 saturated carbocycles. The fourth-order valence-corrected chi connectivity index (χ4v) is 4.65. The van der Waals surface area contributed by atoms with Crippen LogP contribution in [0.3, 0.4) is 0 Å². The number of benzene rings is 3. The highest BCUT2D eigenvalue weighted by Gasteiger charge is 2.41. The molecule has 0 aliphatic carbocycles. The van der Waals surface area contributed by atoms with Gasteiger partial charge in [-0.25, -0.2) is 18.0 Å². The first-order chi connectivity index (χ1) is 19.5. The SMILES string of the molecule is Cc1cccc(C(CC(=O)O)NC(=O)C2N(C(=O)Nc3cccc(F)c3)CCCN2C(=O)c2ccc(F)c(F)c2)c1. The van der Waals surface area contributed by atoms with Gasteiger partial charge in [-0.2, -0.15) is 0 Å². The number of carboxylic acid groups (broad SMARTS) is 1. The quantitative estimate of drug-likeness (QED) is 0.389. The van der Waals surface area contributed by atoms with Crippen molar-refractivity contribution in [2.24, 2.45) is 0 Å². The molecule has 3 aromatic carbocycles. The number of amides is 4. The summed E-state index contributed by atoms with van der Waals surface area (Å²) in [7, 11) is 0. The van der Waals surface area contributed by atoms with E-state index in [4.69, 9.17) is 0 Å². The van der Waals surface area contributed by atoms with Gasteiger partial charge in [0.05, 0.1) is 12.5 Å². The third kappa shape index (κ3) is 7.02. The van der Waals surface area contributed by atoms with Crippen molar-refractivity contribution in [2.45, 2.75) is 32.0 Å². The van der Waals surface area contributed by atoms with E-state index in [-0.39, 0.29) is 30.8 Å². The van der Waals surface area contributed by atoms with E-state index < -0.39 is 59.9 Å². The molecule has 0 aromatic heterocycles.